The number of hydrogen-bond acceptors (Lipinski definition) is 3. The number of rotatable bonds is 3. The summed E-state index contributed by atoms with van der Waals surface area (Å²) in [7, 11) is 1.77. The van der Waals surface area contributed by atoms with Crippen molar-refractivity contribution in [2.75, 3.05) is 33.3 Å². The van der Waals surface area contributed by atoms with Crippen LogP contribution < -0.4 is 0 Å². The SMILES string of the molecule is CN(CC1CCCCO1)C(=O)N1CCCC(C(=O)O)C1. The number of urea groups is 1. The van der Waals surface area contributed by atoms with E-state index < -0.39 is 11.9 Å². The zero-order valence-electron chi connectivity index (χ0n) is 12.1. The van der Waals surface area contributed by atoms with Crippen molar-refractivity contribution >= 4 is 12.0 Å². The third-order valence-electron chi connectivity index (χ3n) is 4.12. The number of ether oxygens (including phenoxy) is 1. The number of likely N-dealkylation sites (tertiary alicyclic amines) is 1. The van der Waals surface area contributed by atoms with Crippen LogP contribution in [0.2, 0.25) is 0 Å². The second-order valence-electron chi connectivity index (χ2n) is 5.78. The molecule has 0 bridgehead atoms. The van der Waals surface area contributed by atoms with E-state index in [2.05, 4.69) is 0 Å². The minimum Gasteiger partial charge on any atom is -0.481 e. The molecule has 2 aliphatic rings. The number of carbonyl (C=O) groups is 2. The number of nitrogens with zero attached hydrogens (tertiary/aromatic N) is 2. The van der Waals surface area contributed by atoms with E-state index in [0.29, 0.717) is 26.1 Å². The second kappa shape index (κ2) is 6.92. The molecule has 6 nitrogen and oxygen atoms in total. The molecule has 2 heterocycles. The standard InChI is InChI=1S/C14H24N2O4/c1-15(10-12-6-2-3-8-20-12)14(19)16-7-4-5-11(9-16)13(17)18/h11-12H,2-10H2,1H3,(H,17,18). The number of amides is 2. The lowest BCUT2D eigenvalue weighted by Crippen LogP contribution is -2.49. The molecule has 114 valence electrons. The van der Waals surface area contributed by atoms with Crippen LogP contribution in [0.15, 0.2) is 0 Å². The van der Waals surface area contributed by atoms with Crippen LogP contribution >= 0.6 is 0 Å². The predicted octanol–water partition coefficient (Wildman–Crippen LogP) is 1.40. The fraction of sp³-hybridized carbons (Fsp3) is 0.857. The molecule has 2 aliphatic heterocycles. The van der Waals surface area contributed by atoms with Crippen molar-refractivity contribution in [2.24, 2.45) is 5.92 Å². The molecular formula is C14H24N2O4. The van der Waals surface area contributed by atoms with E-state index in [1.54, 1.807) is 16.8 Å². The Balaban J connectivity index is 1.84. The van der Waals surface area contributed by atoms with Gasteiger partial charge in [-0.2, -0.15) is 0 Å². The van der Waals surface area contributed by atoms with Crippen LogP contribution in [0.25, 0.3) is 0 Å². The minimum absolute atomic E-state index is 0.0786. The van der Waals surface area contributed by atoms with Crippen molar-refractivity contribution in [2.45, 2.75) is 38.2 Å². The molecule has 0 radical (unpaired) electrons. The first-order chi connectivity index (χ1) is 9.58. The van der Waals surface area contributed by atoms with E-state index in [4.69, 9.17) is 9.84 Å². The molecule has 2 fully saturated rings. The summed E-state index contributed by atoms with van der Waals surface area (Å²) in [6.45, 7) is 2.34. The lowest BCUT2D eigenvalue weighted by molar-refractivity contribution is -0.143. The van der Waals surface area contributed by atoms with Gasteiger partial charge in [0.25, 0.3) is 0 Å². The molecular weight excluding hydrogens is 260 g/mol. The Labute approximate surface area is 119 Å². The van der Waals surface area contributed by atoms with Gasteiger partial charge >= 0.3 is 12.0 Å². The lowest BCUT2D eigenvalue weighted by atomic mass is 9.98. The average molecular weight is 284 g/mol. The molecule has 0 saturated carbocycles. The van der Waals surface area contributed by atoms with E-state index in [-0.39, 0.29) is 12.1 Å². The van der Waals surface area contributed by atoms with Crippen LogP contribution in [0.4, 0.5) is 4.79 Å². The van der Waals surface area contributed by atoms with Crippen molar-refractivity contribution in [3.05, 3.63) is 0 Å². The highest BCUT2D eigenvalue weighted by molar-refractivity contribution is 5.76. The first-order valence-corrected chi connectivity index (χ1v) is 7.42. The highest BCUT2D eigenvalue weighted by Crippen LogP contribution is 2.19. The van der Waals surface area contributed by atoms with Crippen LogP contribution in [-0.4, -0.2) is 66.3 Å². The zero-order chi connectivity index (χ0) is 14.5. The van der Waals surface area contributed by atoms with Crippen molar-refractivity contribution in [1.29, 1.82) is 0 Å². The maximum atomic E-state index is 12.3. The van der Waals surface area contributed by atoms with Gasteiger partial charge in [-0.25, -0.2) is 4.79 Å². The fourth-order valence-corrected chi connectivity index (χ4v) is 2.93. The van der Waals surface area contributed by atoms with Gasteiger partial charge in [-0.3, -0.25) is 4.79 Å². The van der Waals surface area contributed by atoms with Crippen molar-refractivity contribution < 1.29 is 19.4 Å². The Kier molecular flexibility index (Phi) is 5.23. The van der Waals surface area contributed by atoms with Gasteiger partial charge in [0.2, 0.25) is 0 Å². The number of piperidine rings is 1. The average Bonchev–Trinajstić information content (AvgIpc) is 2.47. The zero-order valence-corrected chi connectivity index (χ0v) is 12.1. The number of carboxylic acid groups (broad SMARTS) is 1. The van der Waals surface area contributed by atoms with Crippen molar-refractivity contribution in [1.82, 2.24) is 9.80 Å². The van der Waals surface area contributed by atoms with E-state index in [9.17, 15) is 9.59 Å². The third kappa shape index (κ3) is 3.85. The van der Waals surface area contributed by atoms with Crippen LogP contribution in [0.5, 0.6) is 0 Å². The summed E-state index contributed by atoms with van der Waals surface area (Å²) < 4.78 is 5.64. The number of hydrogen-bond donors (Lipinski definition) is 1. The summed E-state index contributed by atoms with van der Waals surface area (Å²) in [6, 6.07) is -0.0786. The van der Waals surface area contributed by atoms with Crippen molar-refractivity contribution in [3.8, 4) is 0 Å². The molecule has 0 aromatic rings. The number of carboxylic acids is 1. The van der Waals surface area contributed by atoms with E-state index >= 15 is 0 Å². The number of likely N-dealkylation sites (N-methyl/N-ethyl adjacent to an activating group) is 1. The van der Waals surface area contributed by atoms with Crippen molar-refractivity contribution in [3.63, 3.8) is 0 Å². The molecule has 0 aromatic heterocycles. The smallest absolute Gasteiger partial charge is 0.319 e. The van der Waals surface area contributed by atoms with Gasteiger partial charge in [0, 0.05) is 33.3 Å². The molecule has 0 aliphatic carbocycles. The minimum atomic E-state index is -0.805. The summed E-state index contributed by atoms with van der Waals surface area (Å²) in [6.07, 6.45) is 4.79. The number of carbonyl (C=O) groups excluding carboxylic acids is 1. The molecule has 2 saturated heterocycles. The molecule has 0 aromatic carbocycles. The Morgan fingerprint density at radius 3 is 2.75 bits per heavy atom. The van der Waals surface area contributed by atoms with Gasteiger partial charge in [-0.05, 0) is 32.1 Å². The van der Waals surface area contributed by atoms with Gasteiger partial charge in [-0.15, -0.1) is 0 Å². The summed E-state index contributed by atoms with van der Waals surface area (Å²) in [5.74, 6) is -1.23. The van der Waals surface area contributed by atoms with E-state index in [1.807, 2.05) is 0 Å². The van der Waals surface area contributed by atoms with Crippen LogP contribution in [-0.2, 0) is 9.53 Å². The number of aliphatic carboxylic acids is 1. The van der Waals surface area contributed by atoms with Gasteiger partial charge in [0.05, 0.1) is 12.0 Å². The first kappa shape index (κ1) is 15.1. The lowest BCUT2D eigenvalue weighted by Gasteiger charge is -2.35. The van der Waals surface area contributed by atoms with Crippen LogP contribution in [0, 0.1) is 5.92 Å². The highest BCUT2D eigenvalue weighted by atomic mass is 16.5. The monoisotopic (exact) mass is 284 g/mol. The van der Waals surface area contributed by atoms with E-state index in [1.165, 1.54) is 0 Å². The highest BCUT2D eigenvalue weighted by Gasteiger charge is 2.30. The normalized spacial score (nSPS) is 27.1. The summed E-state index contributed by atoms with van der Waals surface area (Å²) in [5.41, 5.74) is 0. The maximum absolute atomic E-state index is 12.3. The Bertz CT molecular complexity index is 355. The Morgan fingerprint density at radius 2 is 2.10 bits per heavy atom. The van der Waals surface area contributed by atoms with E-state index in [0.717, 1.165) is 32.3 Å². The second-order valence-corrected chi connectivity index (χ2v) is 5.78. The van der Waals surface area contributed by atoms with Crippen LogP contribution in [0.3, 0.4) is 0 Å². The Hall–Kier alpha value is -1.30. The summed E-state index contributed by atoms with van der Waals surface area (Å²) >= 11 is 0. The first-order valence-electron chi connectivity index (χ1n) is 7.42. The van der Waals surface area contributed by atoms with Gasteiger partial charge < -0.3 is 19.6 Å². The Morgan fingerprint density at radius 1 is 1.30 bits per heavy atom. The summed E-state index contributed by atoms with van der Waals surface area (Å²) in [5, 5.41) is 9.07. The molecule has 0 spiro atoms. The fourth-order valence-electron chi connectivity index (χ4n) is 2.93. The molecule has 6 heteroatoms. The quantitative estimate of drug-likeness (QED) is 0.850. The molecule has 1 N–H and O–H groups in total. The van der Waals surface area contributed by atoms with Crippen LogP contribution in [0.1, 0.15) is 32.1 Å². The topological polar surface area (TPSA) is 70.1 Å². The van der Waals surface area contributed by atoms with Gasteiger partial charge in [0.15, 0.2) is 0 Å². The predicted molar refractivity (Wildman–Crippen MR) is 73.5 cm³/mol. The maximum Gasteiger partial charge on any atom is 0.319 e. The third-order valence-corrected chi connectivity index (χ3v) is 4.12. The molecule has 2 atom stereocenters. The largest absolute Gasteiger partial charge is 0.481 e. The molecule has 2 amide bonds. The van der Waals surface area contributed by atoms with Gasteiger partial charge in [0.1, 0.15) is 0 Å². The molecule has 20 heavy (non-hydrogen) atoms. The van der Waals surface area contributed by atoms with Gasteiger partial charge in [-0.1, -0.05) is 0 Å². The molecule has 2 unspecified atom stereocenters. The summed E-state index contributed by atoms with van der Waals surface area (Å²) in [4.78, 5) is 26.7. The molecule has 2 rings (SSSR count).